The molecule has 0 saturated carbocycles. The van der Waals surface area contributed by atoms with E-state index in [9.17, 15) is 4.79 Å². The van der Waals surface area contributed by atoms with Gasteiger partial charge in [-0.15, -0.1) is 0 Å². The van der Waals surface area contributed by atoms with E-state index in [0.717, 1.165) is 5.56 Å². The molecule has 0 amide bonds. The van der Waals surface area contributed by atoms with E-state index in [4.69, 9.17) is 12.2 Å². The lowest BCUT2D eigenvalue weighted by Gasteiger charge is -2.05. The number of hydrogen-bond acceptors (Lipinski definition) is 3. The highest BCUT2D eigenvalue weighted by Crippen LogP contribution is 2.19. The molecule has 4 heteroatoms. The summed E-state index contributed by atoms with van der Waals surface area (Å²) in [7, 11) is 0. The normalized spacial score (nSPS) is 10.3. The van der Waals surface area contributed by atoms with Gasteiger partial charge in [0.2, 0.25) is 0 Å². The number of H-pyrrole nitrogens is 1. The van der Waals surface area contributed by atoms with Gasteiger partial charge in [0, 0.05) is 11.1 Å². The second kappa shape index (κ2) is 5.81. The molecule has 1 N–H and O–H groups in total. The van der Waals surface area contributed by atoms with Crippen molar-refractivity contribution in [2.45, 2.75) is 0 Å². The Hall–Kier alpha value is -2.59. The Morgan fingerprint density at radius 2 is 1.57 bits per heavy atom. The van der Waals surface area contributed by atoms with Gasteiger partial charge >= 0.3 is 0 Å². The SMILES string of the molecule is O=C(c1ccccc1)c1cc(-c2ccccc2)n[nH]c1=S. The van der Waals surface area contributed by atoms with Crippen LogP contribution in [0, 0.1) is 4.64 Å². The summed E-state index contributed by atoms with van der Waals surface area (Å²) in [5.74, 6) is -0.101. The van der Waals surface area contributed by atoms with E-state index < -0.39 is 0 Å². The maximum atomic E-state index is 12.5. The van der Waals surface area contributed by atoms with Crippen LogP contribution in [-0.4, -0.2) is 16.0 Å². The summed E-state index contributed by atoms with van der Waals surface area (Å²) in [6.07, 6.45) is 0. The highest BCUT2D eigenvalue weighted by atomic mass is 32.1. The van der Waals surface area contributed by atoms with Crippen molar-refractivity contribution in [3.8, 4) is 11.3 Å². The average molecular weight is 292 g/mol. The molecular weight excluding hydrogens is 280 g/mol. The van der Waals surface area contributed by atoms with Gasteiger partial charge in [-0.2, -0.15) is 5.10 Å². The second-order valence-corrected chi connectivity index (χ2v) is 4.97. The Bertz CT molecular complexity index is 826. The molecule has 0 radical (unpaired) electrons. The van der Waals surface area contributed by atoms with Crippen LogP contribution in [0.1, 0.15) is 15.9 Å². The number of nitrogens with zero attached hydrogens (tertiary/aromatic N) is 1. The van der Waals surface area contributed by atoms with Gasteiger partial charge in [-0.25, -0.2) is 0 Å². The standard InChI is InChI=1S/C17H12N2OS/c20-16(13-9-5-2-6-10-13)14-11-15(18-19-17(14)21)12-7-3-1-4-8-12/h1-11H,(H,19,21). The van der Waals surface area contributed by atoms with Crippen molar-refractivity contribution in [3.63, 3.8) is 0 Å². The third-order valence-electron chi connectivity index (χ3n) is 3.15. The van der Waals surface area contributed by atoms with Crippen LogP contribution in [-0.2, 0) is 0 Å². The van der Waals surface area contributed by atoms with Crippen molar-refractivity contribution in [1.82, 2.24) is 10.2 Å². The number of nitrogens with one attached hydrogen (secondary N) is 1. The van der Waals surface area contributed by atoms with E-state index in [0.29, 0.717) is 21.5 Å². The number of benzene rings is 2. The quantitative estimate of drug-likeness (QED) is 0.585. The minimum Gasteiger partial charge on any atom is -0.288 e. The molecule has 102 valence electrons. The zero-order valence-electron chi connectivity index (χ0n) is 11.1. The summed E-state index contributed by atoms with van der Waals surface area (Å²) in [4.78, 5) is 12.5. The lowest BCUT2D eigenvalue weighted by atomic mass is 10.0. The van der Waals surface area contributed by atoms with Gasteiger partial charge in [-0.05, 0) is 6.07 Å². The number of carbonyl (C=O) groups is 1. The summed E-state index contributed by atoms with van der Waals surface area (Å²) in [6, 6.07) is 20.5. The topological polar surface area (TPSA) is 45.8 Å². The Labute approximate surface area is 127 Å². The van der Waals surface area contributed by atoms with E-state index in [1.807, 2.05) is 48.5 Å². The number of aromatic amines is 1. The Balaban J connectivity index is 2.07. The van der Waals surface area contributed by atoms with Crippen LogP contribution in [0.3, 0.4) is 0 Å². The van der Waals surface area contributed by atoms with Crippen LogP contribution in [0.4, 0.5) is 0 Å². The van der Waals surface area contributed by atoms with Gasteiger partial charge in [-0.3, -0.25) is 9.89 Å². The predicted molar refractivity (Wildman–Crippen MR) is 84.7 cm³/mol. The first kappa shape index (κ1) is 13.4. The largest absolute Gasteiger partial charge is 0.288 e. The third kappa shape index (κ3) is 2.80. The smallest absolute Gasteiger partial charge is 0.196 e. The molecule has 3 rings (SSSR count). The van der Waals surface area contributed by atoms with Gasteiger partial charge in [0.1, 0.15) is 4.64 Å². The fourth-order valence-corrected chi connectivity index (χ4v) is 2.27. The summed E-state index contributed by atoms with van der Waals surface area (Å²) in [5.41, 5.74) is 2.71. The number of hydrogen-bond donors (Lipinski definition) is 1. The molecule has 0 aliphatic rings. The van der Waals surface area contributed by atoms with Gasteiger partial charge in [0.05, 0.1) is 11.3 Å². The van der Waals surface area contributed by atoms with E-state index >= 15 is 0 Å². The molecular formula is C17H12N2OS. The van der Waals surface area contributed by atoms with Crippen LogP contribution < -0.4 is 0 Å². The number of ketones is 1. The van der Waals surface area contributed by atoms with Gasteiger partial charge in [0.25, 0.3) is 0 Å². The first-order valence-corrected chi connectivity index (χ1v) is 6.91. The minimum absolute atomic E-state index is 0.101. The van der Waals surface area contributed by atoms with Gasteiger partial charge in [0.15, 0.2) is 5.78 Å². The van der Waals surface area contributed by atoms with Crippen molar-refractivity contribution < 1.29 is 4.79 Å². The van der Waals surface area contributed by atoms with Crippen LogP contribution in [0.2, 0.25) is 0 Å². The van der Waals surface area contributed by atoms with Crippen LogP contribution in [0.5, 0.6) is 0 Å². The maximum Gasteiger partial charge on any atom is 0.196 e. The van der Waals surface area contributed by atoms with Crippen LogP contribution >= 0.6 is 12.2 Å². The Morgan fingerprint density at radius 3 is 2.24 bits per heavy atom. The van der Waals surface area contributed by atoms with Crippen molar-refractivity contribution in [3.05, 3.63) is 82.5 Å². The number of rotatable bonds is 3. The first-order chi connectivity index (χ1) is 10.3. The molecule has 1 aromatic heterocycles. The average Bonchev–Trinajstić information content (AvgIpc) is 2.56. The minimum atomic E-state index is -0.101. The summed E-state index contributed by atoms with van der Waals surface area (Å²) >= 11 is 5.20. The lowest BCUT2D eigenvalue weighted by Crippen LogP contribution is -2.04. The second-order valence-electron chi connectivity index (χ2n) is 4.56. The predicted octanol–water partition coefficient (Wildman–Crippen LogP) is 4.04. The zero-order valence-corrected chi connectivity index (χ0v) is 11.9. The highest BCUT2D eigenvalue weighted by Gasteiger charge is 2.12. The van der Waals surface area contributed by atoms with E-state index in [1.165, 1.54) is 0 Å². The van der Waals surface area contributed by atoms with Gasteiger partial charge in [-0.1, -0.05) is 72.9 Å². The monoisotopic (exact) mass is 292 g/mol. The van der Waals surface area contributed by atoms with E-state index in [1.54, 1.807) is 18.2 Å². The molecule has 0 aliphatic carbocycles. The fourth-order valence-electron chi connectivity index (χ4n) is 2.08. The summed E-state index contributed by atoms with van der Waals surface area (Å²) < 4.78 is 0.350. The van der Waals surface area contributed by atoms with Crippen molar-refractivity contribution in [2.75, 3.05) is 0 Å². The molecule has 1 heterocycles. The summed E-state index contributed by atoms with van der Waals surface area (Å²) in [5, 5.41) is 6.97. The molecule has 2 aromatic carbocycles. The van der Waals surface area contributed by atoms with E-state index in [2.05, 4.69) is 10.2 Å². The molecule has 0 atom stereocenters. The Kier molecular flexibility index (Phi) is 3.71. The molecule has 0 spiro atoms. The van der Waals surface area contributed by atoms with Crippen molar-refractivity contribution >= 4 is 18.0 Å². The molecule has 0 bridgehead atoms. The number of aromatic nitrogens is 2. The molecule has 0 unspecified atom stereocenters. The highest BCUT2D eigenvalue weighted by molar-refractivity contribution is 7.71. The zero-order chi connectivity index (χ0) is 14.7. The molecule has 21 heavy (non-hydrogen) atoms. The number of carbonyl (C=O) groups excluding carboxylic acids is 1. The molecule has 3 nitrogen and oxygen atoms in total. The first-order valence-electron chi connectivity index (χ1n) is 6.50. The third-order valence-corrected chi connectivity index (χ3v) is 3.46. The van der Waals surface area contributed by atoms with Crippen molar-refractivity contribution in [1.29, 1.82) is 0 Å². The van der Waals surface area contributed by atoms with Gasteiger partial charge < -0.3 is 0 Å². The summed E-state index contributed by atoms with van der Waals surface area (Å²) in [6.45, 7) is 0. The fraction of sp³-hybridized carbons (Fsp3) is 0. The van der Waals surface area contributed by atoms with Crippen LogP contribution in [0.25, 0.3) is 11.3 Å². The molecule has 3 aromatic rings. The molecule has 0 aliphatic heterocycles. The Morgan fingerprint density at radius 1 is 0.952 bits per heavy atom. The maximum absolute atomic E-state index is 12.5. The molecule has 0 saturated heterocycles. The molecule has 0 fully saturated rings. The van der Waals surface area contributed by atoms with E-state index in [-0.39, 0.29) is 5.78 Å². The lowest BCUT2D eigenvalue weighted by molar-refractivity contribution is 0.103. The van der Waals surface area contributed by atoms with Crippen LogP contribution in [0.15, 0.2) is 66.7 Å². The van der Waals surface area contributed by atoms with Crippen molar-refractivity contribution in [2.24, 2.45) is 0 Å².